The number of carbonyl (C=O) groups excluding carboxylic acids is 1. The minimum Gasteiger partial charge on any atom is -0.493 e. The summed E-state index contributed by atoms with van der Waals surface area (Å²) >= 11 is 0. The third kappa shape index (κ3) is 4.26. The van der Waals surface area contributed by atoms with Crippen molar-refractivity contribution in [3.63, 3.8) is 0 Å². The lowest BCUT2D eigenvalue weighted by atomic mass is 10.0. The number of benzene rings is 1. The normalized spacial score (nSPS) is 13.0. The Morgan fingerprint density at radius 3 is 2.36 bits per heavy atom. The first-order chi connectivity index (χ1) is 10.7. The van der Waals surface area contributed by atoms with Crippen LogP contribution in [0.1, 0.15) is 44.7 Å². The highest BCUT2D eigenvalue weighted by Gasteiger charge is 2.19. The second-order valence-corrected chi connectivity index (χ2v) is 4.84. The zero-order valence-corrected chi connectivity index (χ0v) is 14.3. The standard InChI is InChI=1S/C16H21NO3.C2H6/c1-4-5-7-17-8-6-12-9-14(19-2)15(20-3)10-13(12)11-16(17)18;1-2/h6,8-10H,4-5,7,11H2,1-3H3;1-2H3. The molecule has 0 saturated carbocycles. The molecule has 0 N–H and O–H groups in total. The number of fused-ring (bicyclic) bond motifs is 1. The van der Waals surface area contributed by atoms with Gasteiger partial charge < -0.3 is 14.4 Å². The lowest BCUT2D eigenvalue weighted by Crippen LogP contribution is -2.27. The second kappa shape index (κ2) is 9.13. The van der Waals surface area contributed by atoms with E-state index < -0.39 is 0 Å². The molecule has 1 heterocycles. The fourth-order valence-electron chi connectivity index (χ4n) is 2.29. The lowest BCUT2D eigenvalue weighted by Gasteiger charge is -2.16. The Balaban J connectivity index is 0.00000116. The smallest absolute Gasteiger partial charge is 0.230 e. The predicted molar refractivity (Wildman–Crippen MR) is 90.3 cm³/mol. The molecule has 0 fully saturated rings. The molecule has 0 spiro atoms. The number of ether oxygens (including phenoxy) is 2. The minimum atomic E-state index is 0.126. The quantitative estimate of drug-likeness (QED) is 0.828. The number of amides is 1. The fraction of sp³-hybridized carbons (Fsp3) is 0.500. The van der Waals surface area contributed by atoms with Gasteiger partial charge in [-0.15, -0.1) is 0 Å². The third-order valence-corrected chi connectivity index (χ3v) is 3.49. The summed E-state index contributed by atoms with van der Waals surface area (Å²) in [4.78, 5) is 14.0. The molecule has 1 aromatic carbocycles. The first kappa shape index (κ1) is 18.1. The summed E-state index contributed by atoms with van der Waals surface area (Å²) < 4.78 is 10.6. The van der Waals surface area contributed by atoms with Crippen LogP contribution in [0.4, 0.5) is 0 Å². The summed E-state index contributed by atoms with van der Waals surface area (Å²) in [6, 6.07) is 3.81. The van der Waals surface area contributed by atoms with Crippen LogP contribution < -0.4 is 9.47 Å². The van der Waals surface area contributed by atoms with E-state index in [0.29, 0.717) is 17.9 Å². The highest BCUT2D eigenvalue weighted by Crippen LogP contribution is 2.32. The van der Waals surface area contributed by atoms with Gasteiger partial charge in [0.05, 0.1) is 20.6 Å². The molecule has 4 heteroatoms. The van der Waals surface area contributed by atoms with Gasteiger partial charge >= 0.3 is 0 Å². The Morgan fingerprint density at radius 2 is 1.77 bits per heavy atom. The van der Waals surface area contributed by atoms with E-state index in [4.69, 9.17) is 9.47 Å². The van der Waals surface area contributed by atoms with Gasteiger partial charge in [-0.3, -0.25) is 4.79 Å². The number of rotatable bonds is 5. The molecule has 2 rings (SSSR count). The van der Waals surface area contributed by atoms with Gasteiger partial charge in [0, 0.05) is 12.7 Å². The van der Waals surface area contributed by atoms with Crippen LogP contribution in [0.2, 0.25) is 0 Å². The van der Waals surface area contributed by atoms with Crippen LogP contribution in [0.3, 0.4) is 0 Å². The van der Waals surface area contributed by atoms with Crippen molar-refractivity contribution >= 4 is 12.0 Å². The van der Waals surface area contributed by atoms with Gasteiger partial charge in [-0.2, -0.15) is 0 Å². The molecule has 0 atom stereocenters. The number of carbonyl (C=O) groups is 1. The van der Waals surface area contributed by atoms with Crippen molar-refractivity contribution in [2.45, 2.75) is 40.0 Å². The molecule has 0 bridgehead atoms. The summed E-state index contributed by atoms with van der Waals surface area (Å²) in [6.07, 6.45) is 6.32. The summed E-state index contributed by atoms with van der Waals surface area (Å²) in [5.41, 5.74) is 1.98. The van der Waals surface area contributed by atoms with Gasteiger partial charge in [-0.25, -0.2) is 0 Å². The maximum Gasteiger partial charge on any atom is 0.230 e. The van der Waals surface area contributed by atoms with Crippen LogP contribution in [0.5, 0.6) is 11.5 Å². The Kier molecular flexibility index (Phi) is 7.50. The molecular weight excluding hydrogens is 278 g/mol. The molecule has 122 valence electrons. The highest BCUT2D eigenvalue weighted by atomic mass is 16.5. The van der Waals surface area contributed by atoms with E-state index in [1.807, 2.05) is 38.3 Å². The lowest BCUT2D eigenvalue weighted by molar-refractivity contribution is -0.127. The highest BCUT2D eigenvalue weighted by molar-refractivity contribution is 5.84. The molecule has 0 radical (unpaired) electrons. The molecule has 22 heavy (non-hydrogen) atoms. The molecule has 4 nitrogen and oxygen atoms in total. The maximum absolute atomic E-state index is 12.2. The van der Waals surface area contributed by atoms with Gasteiger partial charge in [0.15, 0.2) is 11.5 Å². The van der Waals surface area contributed by atoms with Crippen LogP contribution in [-0.4, -0.2) is 31.6 Å². The van der Waals surface area contributed by atoms with E-state index in [1.165, 1.54) is 0 Å². The molecule has 1 amide bonds. The predicted octanol–water partition coefficient (Wildman–Crippen LogP) is 3.89. The van der Waals surface area contributed by atoms with Crippen LogP contribution in [0.15, 0.2) is 18.3 Å². The third-order valence-electron chi connectivity index (χ3n) is 3.49. The Labute approximate surface area is 133 Å². The van der Waals surface area contributed by atoms with Crippen molar-refractivity contribution in [1.29, 1.82) is 0 Å². The number of methoxy groups -OCH3 is 2. The molecule has 0 aliphatic carbocycles. The number of unbranched alkanes of at least 4 members (excludes halogenated alkanes) is 1. The SMILES string of the molecule is CC.CCCCN1C=Cc2cc(OC)c(OC)cc2CC1=O. The molecule has 1 aliphatic heterocycles. The van der Waals surface area contributed by atoms with Gasteiger partial charge in [0.2, 0.25) is 5.91 Å². The Bertz CT molecular complexity index is 523. The second-order valence-electron chi connectivity index (χ2n) is 4.84. The van der Waals surface area contributed by atoms with Crippen molar-refractivity contribution < 1.29 is 14.3 Å². The monoisotopic (exact) mass is 305 g/mol. The van der Waals surface area contributed by atoms with Crippen molar-refractivity contribution in [2.24, 2.45) is 0 Å². The van der Waals surface area contributed by atoms with Crippen molar-refractivity contribution in [3.8, 4) is 11.5 Å². The number of nitrogens with zero attached hydrogens (tertiary/aromatic N) is 1. The van der Waals surface area contributed by atoms with Crippen LogP contribution in [0.25, 0.3) is 6.08 Å². The van der Waals surface area contributed by atoms with Crippen LogP contribution >= 0.6 is 0 Å². The largest absolute Gasteiger partial charge is 0.493 e. The van der Waals surface area contributed by atoms with E-state index in [2.05, 4.69) is 6.92 Å². The number of hydrogen-bond acceptors (Lipinski definition) is 3. The summed E-state index contributed by atoms with van der Waals surface area (Å²) in [5, 5.41) is 0. The summed E-state index contributed by atoms with van der Waals surface area (Å²) in [6.45, 7) is 6.89. The van der Waals surface area contributed by atoms with Gasteiger partial charge in [-0.05, 0) is 35.8 Å². The maximum atomic E-state index is 12.2. The Morgan fingerprint density at radius 1 is 1.14 bits per heavy atom. The molecule has 0 saturated heterocycles. The van der Waals surface area contributed by atoms with Gasteiger partial charge in [-0.1, -0.05) is 27.2 Å². The first-order valence-corrected chi connectivity index (χ1v) is 7.92. The number of hydrogen-bond donors (Lipinski definition) is 0. The Hall–Kier alpha value is -1.97. The van der Waals surface area contributed by atoms with Crippen LogP contribution in [0, 0.1) is 0 Å². The first-order valence-electron chi connectivity index (χ1n) is 7.92. The topological polar surface area (TPSA) is 38.8 Å². The van der Waals surface area contributed by atoms with Crippen molar-refractivity contribution in [1.82, 2.24) is 4.90 Å². The minimum absolute atomic E-state index is 0.126. The van der Waals surface area contributed by atoms with Crippen molar-refractivity contribution in [3.05, 3.63) is 29.5 Å². The summed E-state index contributed by atoms with van der Waals surface area (Å²) in [7, 11) is 3.22. The van der Waals surface area contributed by atoms with Crippen molar-refractivity contribution in [2.75, 3.05) is 20.8 Å². The fourth-order valence-corrected chi connectivity index (χ4v) is 2.29. The molecule has 1 aliphatic rings. The van der Waals surface area contributed by atoms with E-state index in [-0.39, 0.29) is 5.91 Å². The molecule has 0 unspecified atom stereocenters. The van der Waals surface area contributed by atoms with Gasteiger partial charge in [0.1, 0.15) is 0 Å². The van der Waals surface area contributed by atoms with E-state index in [0.717, 1.165) is 30.5 Å². The zero-order valence-electron chi connectivity index (χ0n) is 14.3. The summed E-state index contributed by atoms with van der Waals surface area (Å²) in [5.74, 6) is 1.47. The van der Waals surface area contributed by atoms with E-state index in [1.54, 1.807) is 19.1 Å². The van der Waals surface area contributed by atoms with Gasteiger partial charge in [0.25, 0.3) is 0 Å². The molecular formula is C18H27NO3. The average Bonchev–Trinajstić information content (AvgIpc) is 2.71. The molecule has 0 aromatic heterocycles. The van der Waals surface area contributed by atoms with E-state index >= 15 is 0 Å². The van der Waals surface area contributed by atoms with Crippen LogP contribution in [-0.2, 0) is 11.2 Å². The average molecular weight is 305 g/mol. The molecule has 1 aromatic rings. The zero-order chi connectivity index (χ0) is 16.5. The van der Waals surface area contributed by atoms with E-state index in [9.17, 15) is 4.79 Å².